The van der Waals surface area contributed by atoms with Gasteiger partial charge in [-0.1, -0.05) is 0 Å². The minimum atomic E-state index is -0.261. The SMILES string of the molecule is Cc1cc(C(=O)NNC2=CC(=O)CCC2)c(C)o1. The number of hydrogen-bond donors (Lipinski definition) is 2. The summed E-state index contributed by atoms with van der Waals surface area (Å²) in [7, 11) is 0. The third kappa shape index (κ3) is 2.80. The average molecular weight is 248 g/mol. The molecule has 0 bridgehead atoms. The Kier molecular flexibility index (Phi) is 3.50. The maximum absolute atomic E-state index is 11.9. The van der Waals surface area contributed by atoms with Gasteiger partial charge in [-0.3, -0.25) is 15.0 Å². The number of amides is 1. The van der Waals surface area contributed by atoms with Crippen molar-refractivity contribution in [3.63, 3.8) is 0 Å². The van der Waals surface area contributed by atoms with E-state index < -0.39 is 0 Å². The number of carbonyl (C=O) groups excluding carboxylic acids is 2. The van der Waals surface area contributed by atoms with Crippen molar-refractivity contribution in [3.05, 3.63) is 34.9 Å². The Morgan fingerprint density at radius 1 is 1.33 bits per heavy atom. The fraction of sp³-hybridized carbons (Fsp3) is 0.385. The molecular formula is C13H16N2O3. The van der Waals surface area contributed by atoms with Crippen LogP contribution in [0.25, 0.3) is 0 Å². The van der Waals surface area contributed by atoms with Crippen molar-refractivity contribution >= 4 is 11.7 Å². The van der Waals surface area contributed by atoms with E-state index in [1.54, 1.807) is 19.9 Å². The van der Waals surface area contributed by atoms with Crippen molar-refractivity contribution < 1.29 is 14.0 Å². The zero-order valence-electron chi connectivity index (χ0n) is 10.5. The van der Waals surface area contributed by atoms with Crippen LogP contribution in [0.3, 0.4) is 0 Å². The first-order valence-corrected chi connectivity index (χ1v) is 5.93. The highest BCUT2D eigenvalue weighted by Crippen LogP contribution is 2.14. The van der Waals surface area contributed by atoms with Crippen LogP contribution >= 0.6 is 0 Å². The van der Waals surface area contributed by atoms with Gasteiger partial charge < -0.3 is 9.84 Å². The van der Waals surface area contributed by atoms with Gasteiger partial charge in [-0.05, 0) is 32.8 Å². The molecular weight excluding hydrogens is 232 g/mol. The Labute approximate surface area is 105 Å². The van der Waals surface area contributed by atoms with Gasteiger partial charge >= 0.3 is 0 Å². The molecule has 1 amide bonds. The predicted molar refractivity (Wildman–Crippen MR) is 65.7 cm³/mol. The van der Waals surface area contributed by atoms with E-state index in [4.69, 9.17) is 4.42 Å². The van der Waals surface area contributed by atoms with E-state index in [2.05, 4.69) is 10.9 Å². The van der Waals surface area contributed by atoms with E-state index >= 15 is 0 Å². The first kappa shape index (κ1) is 12.4. The van der Waals surface area contributed by atoms with Crippen molar-refractivity contribution in [1.29, 1.82) is 0 Å². The van der Waals surface area contributed by atoms with Crippen LogP contribution in [0.2, 0.25) is 0 Å². The molecule has 0 aliphatic heterocycles. The highest BCUT2D eigenvalue weighted by atomic mass is 16.3. The normalized spacial score (nSPS) is 15.2. The lowest BCUT2D eigenvalue weighted by Crippen LogP contribution is -2.37. The van der Waals surface area contributed by atoms with E-state index in [-0.39, 0.29) is 11.7 Å². The fourth-order valence-corrected chi connectivity index (χ4v) is 1.95. The molecule has 0 fully saturated rings. The quantitative estimate of drug-likeness (QED) is 0.800. The Bertz CT molecular complexity index is 514. The molecule has 1 aliphatic rings. The molecule has 0 radical (unpaired) electrons. The maximum Gasteiger partial charge on any atom is 0.273 e. The summed E-state index contributed by atoms with van der Waals surface area (Å²) in [5.74, 6) is 1.11. The Morgan fingerprint density at radius 2 is 2.11 bits per heavy atom. The zero-order valence-corrected chi connectivity index (χ0v) is 10.5. The molecule has 1 aliphatic carbocycles. The standard InChI is InChI=1S/C13H16N2O3/c1-8-6-12(9(2)18-8)13(17)15-14-10-4-3-5-11(16)7-10/h6-7,14H,3-5H2,1-2H3,(H,15,17). The summed E-state index contributed by atoms with van der Waals surface area (Å²) in [4.78, 5) is 23.1. The predicted octanol–water partition coefficient (Wildman–Crippen LogP) is 1.77. The zero-order chi connectivity index (χ0) is 13.1. The first-order valence-electron chi connectivity index (χ1n) is 5.93. The molecule has 5 heteroatoms. The van der Waals surface area contributed by atoms with E-state index in [0.717, 1.165) is 18.5 Å². The molecule has 5 nitrogen and oxygen atoms in total. The summed E-state index contributed by atoms with van der Waals surface area (Å²) >= 11 is 0. The topological polar surface area (TPSA) is 71.3 Å². The van der Waals surface area contributed by atoms with Gasteiger partial charge in [0.1, 0.15) is 11.5 Å². The number of aryl methyl sites for hydroxylation is 2. The third-order valence-corrected chi connectivity index (χ3v) is 2.83. The van der Waals surface area contributed by atoms with Gasteiger partial charge in [-0.25, -0.2) is 0 Å². The molecule has 18 heavy (non-hydrogen) atoms. The number of allylic oxidation sites excluding steroid dienone is 2. The second-order valence-electron chi connectivity index (χ2n) is 4.40. The summed E-state index contributed by atoms with van der Waals surface area (Å²) in [5.41, 5.74) is 6.61. The Balaban J connectivity index is 1.96. The number of hydrazine groups is 1. The van der Waals surface area contributed by atoms with E-state index in [1.807, 2.05) is 0 Å². The van der Waals surface area contributed by atoms with Crippen molar-refractivity contribution in [3.8, 4) is 0 Å². The monoisotopic (exact) mass is 248 g/mol. The summed E-state index contributed by atoms with van der Waals surface area (Å²) < 4.78 is 5.29. The number of carbonyl (C=O) groups is 2. The Morgan fingerprint density at radius 3 is 2.72 bits per heavy atom. The van der Waals surface area contributed by atoms with Crippen molar-refractivity contribution in [1.82, 2.24) is 10.9 Å². The van der Waals surface area contributed by atoms with Crippen LogP contribution in [-0.4, -0.2) is 11.7 Å². The van der Waals surface area contributed by atoms with Gasteiger partial charge in [-0.15, -0.1) is 0 Å². The molecule has 0 aromatic carbocycles. The van der Waals surface area contributed by atoms with Gasteiger partial charge in [0.25, 0.3) is 5.91 Å². The van der Waals surface area contributed by atoms with Crippen LogP contribution < -0.4 is 10.9 Å². The van der Waals surface area contributed by atoms with Crippen LogP contribution in [0.1, 0.15) is 41.1 Å². The second-order valence-corrected chi connectivity index (χ2v) is 4.40. The van der Waals surface area contributed by atoms with Crippen LogP contribution in [-0.2, 0) is 4.79 Å². The molecule has 0 atom stereocenters. The van der Waals surface area contributed by atoms with Gasteiger partial charge in [-0.2, -0.15) is 0 Å². The maximum atomic E-state index is 11.9. The summed E-state index contributed by atoms with van der Waals surface area (Å²) in [6.07, 6.45) is 3.71. The molecule has 0 saturated heterocycles. The molecule has 0 saturated carbocycles. The minimum absolute atomic E-state index is 0.0911. The molecule has 1 heterocycles. The molecule has 1 aromatic rings. The first-order chi connectivity index (χ1) is 8.56. The van der Waals surface area contributed by atoms with E-state index in [1.165, 1.54) is 6.08 Å². The lowest BCUT2D eigenvalue weighted by atomic mass is 10.0. The molecule has 0 spiro atoms. The van der Waals surface area contributed by atoms with Crippen molar-refractivity contribution in [2.45, 2.75) is 33.1 Å². The smallest absolute Gasteiger partial charge is 0.273 e. The van der Waals surface area contributed by atoms with Crippen molar-refractivity contribution in [2.75, 3.05) is 0 Å². The van der Waals surface area contributed by atoms with E-state index in [9.17, 15) is 9.59 Å². The van der Waals surface area contributed by atoms with Crippen molar-refractivity contribution in [2.24, 2.45) is 0 Å². The summed E-state index contributed by atoms with van der Waals surface area (Å²) in [5, 5.41) is 0. The van der Waals surface area contributed by atoms with Crippen LogP contribution in [0.15, 0.2) is 22.3 Å². The molecule has 96 valence electrons. The lowest BCUT2D eigenvalue weighted by Gasteiger charge is -2.14. The molecule has 2 rings (SSSR count). The molecule has 2 N–H and O–H groups in total. The minimum Gasteiger partial charge on any atom is -0.466 e. The number of furan rings is 1. The third-order valence-electron chi connectivity index (χ3n) is 2.83. The van der Waals surface area contributed by atoms with Crippen LogP contribution in [0, 0.1) is 13.8 Å². The fourth-order valence-electron chi connectivity index (χ4n) is 1.95. The lowest BCUT2D eigenvalue weighted by molar-refractivity contribution is -0.115. The summed E-state index contributed by atoms with van der Waals surface area (Å²) in [6, 6.07) is 1.69. The number of ketones is 1. The van der Waals surface area contributed by atoms with Crippen LogP contribution in [0.4, 0.5) is 0 Å². The highest BCUT2D eigenvalue weighted by molar-refractivity contribution is 5.95. The Hall–Kier alpha value is -2.04. The number of nitrogens with one attached hydrogen (secondary N) is 2. The molecule has 1 aromatic heterocycles. The van der Waals surface area contributed by atoms with Gasteiger partial charge in [0, 0.05) is 18.2 Å². The van der Waals surface area contributed by atoms with Gasteiger partial charge in [0.05, 0.1) is 5.56 Å². The number of hydrogen-bond acceptors (Lipinski definition) is 4. The second kappa shape index (κ2) is 5.08. The number of rotatable bonds is 3. The van der Waals surface area contributed by atoms with Gasteiger partial charge in [0.15, 0.2) is 5.78 Å². The van der Waals surface area contributed by atoms with Gasteiger partial charge in [0.2, 0.25) is 0 Å². The summed E-state index contributed by atoms with van der Waals surface area (Å²) in [6.45, 7) is 3.53. The highest BCUT2D eigenvalue weighted by Gasteiger charge is 2.14. The largest absolute Gasteiger partial charge is 0.466 e. The average Bonchev–Trinajstić information content (AvgIpc) is 2.66. The van der Waals surface area contributed by atoms with E-state index in [0.29, 0.717) is 23.5 Å². The molecule has 0 unspecified atom stereocenters. The van der Waals surface area contributed by atoms with Crippen LogP contribution in [0.5, 0.6) is 0 Å².